The first-order chi connectivity index (χ1) is 20.1. The molecule has 42 heavy (non-hydrogen) atoms. The molecule has 244 valence electrons. The van der Waals surface area contributed by atoms with Gasteiger partial charge in [0.2, 0.25) is 0 Å². The van der Waals surface area contributed by atoms with Crippen LogP contribution < -0.4 is 0 Å². The van der Waals surface area contributed by atoms with Gasteiger partial charge in [-0.05, 0) is 44.9 Å². The second kappa shape index (κ2) is 26.4. The molecule has 0 aromatic rings. The number of unbranched alkanes of at least 4 members (excludes halogenated alkanes) is 10. The van der Waals surface area contributed by atoms with Gasteiger partial charge in [-0.15, -0.1) is 0 Å². The van der Waals surface area contributed by atoms with Crippen LogP contribution in [0.1, 0.15) is 123 Å². The van der Waals surface area contributed by atoms with E-state index in [1.165, 1.54) is 51.4 Å². The Morgan fingerprint density at radius 2 is 1.31 bits per heavy atom. The topological polar surface area (TPSA) is 99.1 Å². The predicted molar refractivity (Wildman–Crippen MR) is 169 cm³/mol. The zero-order chi connectivity index (χ0) is 31.5. The Hall–Kier alpha value is -2.19. The molecule has 2 unspecified atom stereocenters. The van der Waals surface area contributed by atoms with Gasteiger partial charge in [0.1, 0.15) is 6.61 Å². The third kappa shape index (κ3) is 24.4. The molecule has 0 saturated heterocycles. The van der Waals surface area contributed by atoms with Gasteiger partial charge in [0.05, 0.1) is 34.4 Å². The second-order valence-electron chi connectivity index (χ2n) is 12.1. The van der Waals surface area contributed by atoms with Crippen LogP contribution in [0.25, 0.3) is 0 Å². The zero-order valence-electron chi connectivity index (χ0n) is 27.5. The highest BCUT2D eigenvalue weighted by molar-refractivity contribution is 5.72. The smallest absolute Gasteiger partial charge is 0.362 e. The minimum Gasteiger partial charge on any atom is -0.477 e. The first kappa shape index (κ1) is 39.8. The molecule has 8 heteroatoms. The first-order valence-electron chi connectivity index (χ1n) is 16.4. The molecule has 0 aliphatic heterocycles. The number of carboxylic acid groups (broad SMARTS) is 1. The number of hydrogen-bond donors (Lipinski definition) is 1. The predicted octanol–water partition coefficient (Wildman–Crippen LogP) is 7.40. The molecule has 0 spiro atoms. The molecule has 0 bridgehead atoms. The number of likely N-dealkylation sites (N-methyl/N-ethyl adjacent to an activating group) is 1. The molecule has 0 aromatic carbocycles. The molecule has 8 nitrogen and oxygen atoms in total. The average Bonchev–Trinajstić information content (AvgIpc) is 2.92. The van der Waals surface area contributed by atoms with E-state index < -0.39 is 18.1 Å². The third-order valence-electron chi connectivity index (χ3n) is 7.07. The normalized spacial score (nSPS) is 13.5. The molecule has 0 aromatic heterocycles. The molecule has 0 heterocycles. The van der Waals surface area contributed by atoms with E-state index in [4.69, 9.17) is 14.2 Å². The Balaban J connectivity index is 4.14. The van der Waals surface area contributed by atoms with E-state index in [0.717, 1.165) is 32.1 Å². The van der Waals surface area contributed by atoms with E-state index >= 15 is 0 Å². The zero-order valence-corrected chi connectivity index (χ0v) is 27.5. The van der Waals surface area contributed by atoms with Crippen molar-refractivity contribution in [3.05, 3.63) is 24.3 Å². The number of carbonyl (C=O) groups excluding carboxylic acids is 2. The van der Waals surface area contributed by atoms with Gasteiger partial charge in [0.15, 0.2) is 12.1 Å². The van der Waals surface area contributed by atoms with Crippen LogP contribution in [0, 0.1) is 0 Å². The Morgan fingerprint density at radius 1 is 0.714 bits per heavy atom. The summed E-state index contributed by atoms with van der Waals surface area (Å²) in [6.45, 7) is 4.32. The van der Waals surface area contributed by atoms with Crippen molar-refractivity contribution in [3.8, 4) is 0 Å². The van der Waals surface area contributed by atoms with E-state index in [2.05, 4.69) is 31.2 Å². The van der Waals surface area contributed by atoms with E-state index in [9.17, 15) is 19.5 Å². The number of ether oxygens (including phenoxy) is 3. The van der Waals surface area contributed by atoms with Crippen molar-refractivity contribution < 1.29 is 38.2 Å². The van der Waals surface area contributed by atoms with Gasteiger partial charge >= 0.3 is 17.9 Å². The van der Waals surface area contributed by atoms with Gasteiger partial charge in [-0.3, -0.25) is 9.59 Å². The molecule has 0 aliphatic carbocycles. The van der Waals surface area contributed by atoms with Crippen LogP contribution in [0.4, 0.5) is 0 Å². The Kier molecular flexibility index (Phi) is 25.1. The summed E-state index contributed by atoms with van der Waals surface area (Å²) in [5.41, 5.74) is 0. The largest absolute Gasteiger partial charge is 0.477 e. The number of carboxylic acids is 1. The number of allylic oxidation sites excluding steroid dienone is 4. The van der Waals surface area contributed by atoms with E-state index in [0.29, 0.717) is 25.7 Å². The molecule has 0 aliphatic rings. The third-order valence-corrected chi connectivity index (χ3v) is 7.07. The van der Waals surface area contributed by atoms with Crippen LogP contribution in [0.2, 0.25) is 0 Å². The number of quaternary nitrogens is 1. The lowest BCUT2D eigenvalue weighted by Crippen LogP contribution is -2.50. The quantitative estimate of drug-likeness (QED) is 0.0435. The van der Waals surface area contributed by atoms with Crippen LogP contribution in [0.3, 0.4) is 0 Å². The molecule has 0 fully saturated rings. The Morgan fingerprint density at radius 3 is 1.88 bits per heavy atom. The molecule has 2 atom stereocenters. The van der Waals surface area contributed by atoms with Crippen molar-refractivity contribution in [2.24, 2.45) is 0 Å². The molecule has 0 rings (SSSR count). The van der Waals surface area contributed by atoms with Crippen molar-refractivity contribution in [2.45, 2.75) is 135 Å². The first-order valence-corrected chi connectivity index (χ1v) is 16.4. The van der Waals surface area contributed by atoms with Crippen molar-refractivity contribution in [3.63, 3.8) is 0 Å². The maximum Gasteiger partial charge on any atom is 0.362 e. The lowest BCUT2D eigenvalue weighted by atomic mass is 10.1. The number of rotatable bonds is 28. The number of esters is 2. The fourth-order valence-electron chi connectivity index (χ4n) is 4.51. The summed E-state index contributed by atoms with van der Waals surface area (Å²) in [4.78, 5) is 35.8. The average molecular weight is 597 g/mol. The highest BCUT2D eigenvalue weighted by atomic mass is 16.6. The SMILES string of the molecule is CCCCC/C=C\C/C=C\CCCCCCCCCC(=O)OC(COCCC(C(=O)O)[N+](C)(C)C)COC(=O)CCC. The lowest BCUT2D eigenvalue weighted by molar-refractivity contribution is -0.887. The second-order valence-corrected chi connectivity index (χ2v) is 12.1. The maximum atomic E-state index is 12.4. The molecular formula is C34H62NO7+. The Bertz CT molecular complexity index is 757. The van der Waals surface area contributed by atoms with Gasteiger partial charge in [-0.1, -0.05) is 83.1 Å². The van der Waals surface area contributed by atoms with E-state index in [1.54, 1.807) is 0 Å². The summed E-state index contributed by atoms with van der Waals surface area (Å²) in [5, 5.41) is 9.47. The fraction of sp³-hybridized carbons (Fsp3) is 0.794. The minimum atomic E-state index is -0.883. The summed E-state index contributed by atoms with van der Waals surface area (Å²) < 4.78 is 16.7. The van der Waals surface area contributed by atoms with E-state index in [-0.39, 0.29) is 36.2 Å². The van der Waals surface area contributed by atoms with Crippen LogP contribution in [0.5, 0.6) is 0 Å². The highest BCUT2D eigenvalue weighted by Crippen LogP contribution is 2.12. The van der Waals surface area contributed by atoms with Crippen molar-refractivity contribution >= 4 is 17.9 Å². The van der Waals surface area contributed by atoms with E-state index in [1.807, 2.05) is 28.1 Å². The fourth-order valence-corrected chi connectivity index (χ4v) is 4.51. The summed E-state index contributed by atoms with van der Waals surface area (Å²) in [7, 11) is 5.48. The molecular weight excluding hydrogens is 534 g/mol. The van der Waals surface area contributed by atoms with Crippen LogP contribution in [0.15, 0.2) is 24.3 Å². The van der Waals surface area contributed by atoms with Crippen LogP contribution in [-0.2, 0) is 28.6 Å². The molecule has 1 N–H and O–H groups in total. The summed E-state index contributed by atoms with van der Waals surface area (Å²) in [5.74, 6) is -1.55. The molecule has 0 saturated carbocycles. The lowest BCUT2D eigenvalue weighted by Gasteiger charge is -2.31. The molecule has 0 amide bonds. The monoisotopic (exact) mass is 596 g/mol. The van der Waals surface area contributed by atoms with Crippen molar-refractivity contribution in [1.29, 1.82) is 0 Å². The van der Waals surface area contributed by atoms with Gasteiger partial charge in [0, 0.05) is 19.3 Å². The van der Waals surface area contributed by atoms with Gasteiger partial charge in [-0.2, -0.15) is 0 Å². The number of aliphatic carboxylic acids is 1. The summed E-state index contributed by atoms with van der Waals surface area (Å²) >= 11 is 0. The van der Waals surface area contributed by atoms with Gasteiger partial charge < -0.3 is 23.8 Å². The highest BCUT2D eigenvalue weighted by Gasteiger charge is 2.31. The Labute approximate surface area is 256 Å². The standard InChI is InChI=1S/C34H61NO7/c1-6-8-9-10-11-12-13-14-15-16-17-18-19-20-21-22-23-25-33(37)42-30(29-41-32(36)24-7-2)28-40-27-26-31(34(38)39)35(3,4)5/h11-12,14-15,30-31H,6-10,13,16-29H2,1-5H3/p+1/b12-11-,15-14-. The summed E-state index contributed by atoms with van der Waals surface area (Å²) in [6.07, 6.45) is 25.0. The van der Waals surface area contributed by atoms with Crippen LogP contribution in [-0.4, -0.2) is 80.6 Å². The minimum absolute atomic E-state index is 0.0551. The van der Waals surface area contributed by atoms with Gasteiger partial charge in [-0.25, -0.2) is 4.79 Å². The number of hydrogen-bond acceptors (Lipinski definition) is 6. The maximum absolute atomic E-state index is 12.4. The number of carbonyl (C=O) groups is 3. The number of nitrogens with zero attached hydrogens (tertiary/aromatic N) is 1. The van der Waals surface area contributed by atoms with Crippen molar-refractivity contribution in [1.82, 2.24) is 0 Å². The summed E-state index contributed by atoms with van der Waals surface area (Å²) in [6, 6.07) is -0.609. The van der Waals surface area contributed by atoms with Gasteiger partial charge in [0.25, 0.3) is 0 Å². The molecule has 0 radical (unpaired) electrons. The van der Waals surface area contributed by atoms with Crippen LogP contribution >= 0.6 is 0 Å². The van der Waals surface area contributed by atoms with Crippen molar-refractivity contribution in [2.75, 3.05) is 41.0 Å².